The number of hydrogen-bond acceptors (Lipinski definition) is 2. The highest BCUT2D eigenvalue weighted by molar-refractivity contribution is 6.32. The van der Waals surface area contributed by atoms with Gasteiger partial charge in [-0.15, -0.1) is 12.4 Å². The Morgan fingerprint density at radius 3 is 2.69 bits per heavy atom. The minimum atomic E-state index is 0. The molecule has 2 rings (SSSR count). The van der Waals surface area contributed by atoms with Crippen molar-refractivity contribution in [3.63, 3.8) is 0 Å². The van der Waals surface area contributed by atoms with Crippen molar-refractivity contribution in [2.45, 2.75) is 25.8 Å². The van der Waals surface area contributed by atoms with E-state index in [9.17, 15) is 0 Å². The molecule has 4 heteroatoms. The van der Waals surface area contributed by atoms with Gasteiger partial charge in [0.2, 0.25) is 0 Å². The van der Waals surface area contributed by atoms with Gasteiger partial charge in [0.25, 0.3) is 0 Å². The van der Waals surface area contributed by atoms with E-state index in [4.69, 9.17) is 22.1 Å². The van der Waals surface area contributed by atoms with Gasteiger partial charge in [0, 0.05) is 6.04 Å². The zero-order valence-corrected chi connectivity index (χ0v) is 10.9. The first-order valence-corrected chi connectivity index (χ1v) is 5.72. The van der Waals surface area contributed by atoms with E-state index < -0.39 is 0 Å². The lowest BCUT2D eigenvalue weighted by Crippen LogP contribution is -2.05. The van der Waals surface area contributed by atoms with Gasteiger partial charge in [-0.05, 0) is 43.4 Å². The molecule has 1 aromatic rings. The third-order valence-corrected chi connectivity index (χ3v) is 2.95. The Morgan fingerprint density at radius 1 is 1.50 bits per heavy atom. The van der Waals surface area contributed by atoms with Crippen molar-refractivity contribution in [1.29, 1.82) is 0 Å². The lowest BCUT2D eigenvalue weighted by atomic mass is 10.1. The Hall–Kier alpha value is -0.440. The Balaban J connectivity index is 0.00000128. The smallest absolute Gasteiger partial charge is 0.137 e. The lowest BCUT2D eigenvalue weighted by molar-refractivity contribution is 0.300. The van der Waals surface area contributed by atoms with Gasteiger partial charge in [-0.2, -0.15) is 0 Å². The van der Waals surface area contributed by atoms with E-state index in [2.05, 4.69) is 0 Å². The molecule has 0 spiro atoms. The third kappa shape index (κ3) is 3.55. The van der Waals surface area contributed by atoms with Crippen LogP contribution in [0, 0.1) is 5.92 Å². The molecule has 0 aliphatic heterocycles. The van der Waals surface area contributed by atoms with Gasteiger partial charge in [0.1, 0.15) is 5.75 Å². The van der Waals surface area contributed by atoms with Crippen molar-refractivity contribution in [3.8, 4) is 5.75 Å². The molecule has 1 aliphatic rings. The summed E-state index contributed by atoms with van der Waals surface area (Å²) in [6.07, 6.45) is 2.57. The summed E-state index contributed by atoms with van der Waals surface area (Å²) >= 11 is 6.10. The van der Waals surface area contributed by atoms with E-state index in [1.807, 2.05) is 25.1 Å². The molecule has 90 valence electrons. The Kier molecular flexibility index (Phi) is 4.90. The average molecular weight is 262 g/mol. The molecule has 1 unspecified atom stereocenters. The number of ether oxygens (including phenoxy) is 1. The summed E-state index contributed by atoms with van der Waals surface area (Å²) in [7, 11) is 0. The first kappa shape index (κ1) is 13.6. The normalized spacial score (nSPS) is 16.4. The topological polar surface area (TPSA) is 35.2 Å². The highest BCUT2D eigenvalue weighted by Gasteiger charge is 2.22. The molecule has 0 saturated heterocycles. The van der Waals surface area contributed by atoms with E-state index >= 15 is 0 Å². The predicted octanol–water partition coefficient (Wildman–Crippen LogP) is 3.57. The molecular weight excluding hydrogens is 245 g/mol. The second-order valence-electron chi connectivity index (χ2n) is 4.23. The highest BCUT2D eigenvalue weighted by atomic mass is 35.5. The van der Waals surface area contributed by atoms with Gasteiger partial charge in [-0.3, -0.25) is 0 Å². The molecule has 0 heterocycles. The maximum absolute atomic E-state index is 6.10. The molecule has 0 aromatic heterocycles. The molecule has 0 amide bonds. The molecule has 1 aromatic carbocycles. The summed E-state index contributed by atoms with van der Waals surface area (Å²) in [5, 5.41) is 0.658. The molecule has 0 radical (unpaired) electrons. The van der Waals surface area contributed by atoms with Gasteiger partial charge in [0.15, 0.2) is 0 Å². The van der Waals surface area contributed by atoms with Crippen LogP contribution >= 0.6 is 24.0 Å². The zero-order valence-electron chi connectivity index (χ0n) is 9.28. The van der Waals surface area contributed by atoms with Gasteiger partial charge in [-0.25, -0.2) is 0 Å². The first-order chi connectivity index (χ1) is 7.16. The maximum Gasteiger partial charge on any atom is 0.137 e. The SMILES string of the molecule is CC(N)c1ccc(OCC2CC2)c(Cl)c1.Cl. The fourth-order valence-electron chi connectivity index (χ4n) is 1.41. The van der Waals surface area contributed by atoms with Crippen molar-refractivity contribution >= 4 is 24.0 Å². The quantitative estimate of drug-likeness (QED) is 0.900. The fourth-order valence-corrected chi connectivity index (χ4v) is 1.65. The van der Waals surface area contributed by atoms with Crippen LogP contribution in [0.2, 0.25) is 5.02 Å². The van der Waals surface area contributed by atoms with E-state index in [0.29, 0.717) is 5.02 Å². The molecule has 1 aliphatic carbocycles. The van der Waals surface area contributed by atoms with Crippen LogP contribution in [0.25, 0.3) is 0 Å². The minimum absolute atomic E-state index is 0. The van der Waals surface area contributed by atoms with E-state index in [-0.39, 0.29) is 18.4 Å². The lowest BCUT2D eigenvalue weighted by Gasteiger charge is -2.10. The van der Waals surface area contributed by atoms with Crippen molar-refractivity contribution in [3.05, 3.63) is 28.8 Å². The number of rotatable bonds is 4. The number of halogens is 2. The van der Waals surface area contributed by atoms with Crippen molar-refractivity contribution in [2.24, 2.45) is 11.7 Å². The van der Waals surface area contributed by atoms with Crippen molar-refractivity contribution in [1.82, 2.24) is 0 Å². The van der Waals surface area contributed by atoms with Crippen LogP contribution in [0.5, 0.6) is 5.75 Å². The summed E-state index contributed by atoms with van der Waals surface area (Å²) < 4.78 is 5.62. The number of benzene rings is 1. The molecule has 2 nitrogen and oxygen atoms in total. The summed E-state index contributed by atoms with van der Waals surface area (Å²) in [6.45, 7) is 2.73. The summed E-state index contributed by atoms with van der Waals surface area (Å²) in [5.74, 6) is 1.52. The fraction of sp³-hybridized carbons (Fsp3) is 0.500. The molecule has 2 N–H and O–H groups in total. The van der Waals surface area contributed by atoms with Gasteiger partial charge in [0.05, 0.1) is 11.6 Å². The Bertz CT molecular complexity index is 351. The Morgan fingerprint density at radius 2 is 2.19 bits per heavy atom. The molecule has 1 fully saturated rings. The molecule has 1 saturated carbocycles. The molecule has 1 atom stereocenters. The first-order valence-electron chi connectivity index (χ1n) is 5.34. The van der Waals surface area contributed by atoms with E-state index in [0.717, 1.165) is 23.8 Å². The van der Waals surface area contributed by atoms with Crippen LogP contribution in [0.3, 0.4) is 0 Å². The van der Waals surface area contributed by atoms with Crippen LogP contribution in [0.15, 0.2) is 18.2 Å². The van der Waals surface area contributed by atoms with Crippen LogP contribution in [-0.4, -0.2) is 6.61 Å². The van der Waals surface area contributed by atoms with Crippen molar-refractivity contribution in [2.75, 3.05) is 6.61 Å². The Labute approximate surface area is 108 Å². The van der Waals surface area contributed by atoms with E-state index in [1.54, 1.807) is 0 Å². The van der Waals surface area contributed by atoms with Gasteiger partial charge in [-0.1, -0.05) is 17.7 Å². The third-order valence-electron chi connectivity index (χ3n) is 2.65. The molecular formula is C12H17Cl2NO. The van der Waals surface area contributed by atoms with Crippen LogP contribution in [0.1, 0.15) is 31.4 Å². The average Bonchev–Trinajstić information content (AvgIpc) is 2.99. The zero-order chi connectivity index (χ0) is 10.8. The van der Waals surface area contributed by atoms with E-state index in [1.165, 1.54) is 12.8 Å². The second kappa shape index (κ2) is 5.76. The number of hydrogen-bond donors (Lipinski definition) is 1. The minimum Gasteiger partial charge on any atom is -0.492 e. The standard InChI is InChI=1S/C12H16ClNO.ClH/c1-8(14)10-4-5-12(11(13)6-10)15-7-9-2-3-9;/h4-6,8-9H,2-3,7,14H2,1H3;1H. The van der Waals surface area contributed by atoms with Crippen molar-refractivity contribution < 1.29 is 4.74 Å². The van der Waals surface area contributed by atoms with Crippen LogP contribution < -0.4 is 10.5 Å². The highest BCUT2D eigenvalue weighted by Crippen LogP contribution is 2.32. The van der Waals surface area contributed by atoms with Gasteiger partial charge >= 0.3 is 0 Å². The van der Waals surface area contributed by atoms with Crippen LogP contribution in [0.4, 0.5) is 0 Å². The molecule has 0 bridgehead atoms. The molecule has 16 heavy (non-hydrogen) atoms. The monoisotopic (exact) mass is 261 g/mol. The van der Waals surface area contributed by atoms with Gasteiger partial charge < -0.3 is 10.5 Å². The number of nitrogens with two attached hydrogens (primary N) is 1. The maximum atomic E-state index is 6.10. The van der Waals surface area contributed by atoms with Crippen LogP contribution in [-0.2, 0) is 0 Å². The summed E-state index contributed by atoms with van der Waals surface area (Å²) in [6, 6.07) is 5.77. The predicted molar refractivity (Wildman–Crippen MR) is 69.5 cm³/mol. The largest absolute Gasteiger partial charge is 0.492 e. The summed E-state index contributed by atoms with van der Waals surface area (Å²) in [5.41, 5.74) is 6.81. The summed E-state index contributed by atoms with van der Waals surface area (Å²) in [4.78, 5) is 0. The second-order valence-corrected chi connectivity index (χ2v) is 4.64.